The SMILES string of the molecule is CNC(Cc1cc(C)cc(C)c1)C(C)(C)OC. The second kappa shape index (κ2) is 5.65. The lowest BCUT2D eigenvalue weighted by Gasteiger charge is -2.33. The number of likely N-dealkylation sites (N-methyl/N-ethyl adjacent to an activating group) is 1. The largest absolute Gasteiger partial charge is 0.377 e. The lowest BCUT2D eigenvalue weighted by molar-refractivity contribution is -0.00798. The van der Waals surface area contributed by atoms with Crippen molar-refractivity contribution in [3.63, 3.8) is 0 Å². The van der Waals surface area contributed by atoms with E-state index in [2.05, 4.69) is 51.2 Å². The number of hydrogen-bond acceptors (Lipinski definition) is 2. The topological polar surface area (TPSA) is 21.3 Å². The summed E-state index contributed by atoms with van der Waals surface area (Å²) in [5.41, 5.74) is 3.86. The summed E-state index contributed by atoms with van der Waals surface area (Å²) in [6.45, 7) is 8.53. The van der Waals surface area contributed by atoms with Gasteiger partial charge >= 0.3 is 0 Å². The van der Waals surface area contributed by atoms with Crippen LogP contribution in [0, 0.1) is 13.8 Å². The molecule has 0 aliphatic carbocycles. The first-order chi connectivity index (χ1) is 7.89. The summed E-state index contributed by atoms with van der Waals surface area (Å²) in [6, 6.07) is 7.03. The Bertz CT molecular complexity index is 351. The molecule has 0 amide bonds. The number of ether oxygens (including phenoxy) is 1. The minimum Gasteiger partial charge on any atom is -0.377 e. The molecule has 1 unspecified atom stereocenters. The number of aryl methyl sites for hydroxylation is 2. The second-order valence-electron chi connectivity index (χ2n) is 5.35. The molecule has 0 bridgehead atoms. The zero-order chi connectivity index (χ0) is 13.1. The fourth-order valence-corrected chi connectivity index (χ4v) is 2.26. The molecule has 2 nitrogen and oxygen atoms in total. The van der Waals surface area contributed by atoms with E-state index in [1.165, 1.54) is 16.7 Å². The molecule has 17 heavy (non-hydrogen) atoms. The molecule has 1 rings (SSSR count). The molecular weight excluding hydrogens is 210 g/mol. The molecule has 0 aromatic heterocycles. The molecule has 1 aromatic rings. The molecule has 0 spiro atoms. The maximum atomic E-state index is 5.56. The third-order valence-corrected chi connectivity index (χ3v) is 3.44. The Morgan fingerprint density at radius 1 is 1.18 bits per heavy atom. The summed E-state index contributed by atoms with van der Waals surface area (Å²) in [5, 5.41) is 3.36. The summed E-state index contributed by atoms with van der Waals surface area (Å²) in [7, 11) is 3.76. The van der Waals surface area contributed by atoms with E-state index in [1.54, 1.807) is 7.11 Å². The van der Waals surface area contributed by atoms with E-state index < -0.39 is 0 Å². The van der Waals surface area contributed by atoms with E-state index in [0.717, 1.165) is 6.42 Å². The third-order valence-electron chi connectivity index (χ3n) is 3.44. The van der Waals surface area contributed by atoms with Gasteiger partial charge in [-0.15, -0.1) is 0 Å². The van der Waals surface area contributed by atoms with Gasteiger partial charge in [0.15, 0.2) is 0 Å². The zero-order valence-electron chi connectivity index (χ0n) is 11.9. The number of methoxy groups -OCH3 is 1. The Morgan fingerprint density at radius 2 is 1.71 bits per heavy atom. The molecule has 0 fully saturated rings. The molecule has 96 valence electrons. The minimum absolute atomic E-state index is 0.160. The number of hydrogen-bond donors (Lipinski definition) is 1. The first-order valence-corrected chi connectivity index (χ1v) is 6.18. The zero-order valence-corrected chi connectivity index (χ0v) is 11.9. The molecule has 0 saturated carbocycles. The van der Waals surface area contributed by atoms with E-state index in [9.17, 15) is 0 Å². The van der Waals surface area contributed by atoms with Crippen LogP contribution in [0.5, 0.6) is 0 Å². The van der Waals surface area contributed by atoms with Gasteiger partial charge in [0.05, 0.1) is 5.60 Å². The lowest BCUT2D eigenvalue weighted by Crippen LogP contribution is -2.48. The van der Waals surface area contributed by atoms with Gasteiger partial charge < -0.3 is 10.1 Å². The second-order valence-corrected chi connectivity index (χ2v) is 5.35. The van der Waals surface area contributed by atoms with Crippen molar-refractivity contribution < 1.29 is 4.74 Å². The highest BCUT2D eigenvalue weighted by Crippen LogP contribution is 2.19. The van der Waals surface area contributed by atoms with Gasteiger partial charge in [0.1, 0.15) is 0 Å². The number of rotatable bonds is 5. The molecule has 0 saturated heterocycles. The predicted molar refractivity (Wildman–Crippen MR) is 73.6 cm³/mol. The standard InChI is InChI=1S/C15H25NO/c1-11-7-12(2)9-13(8-11)10-14(16-5)15(3,4)17-6/h7-9,14,16H,10H2,1-6H3. The van der Waals surface area contributed by atoms with Crippen molar-refractivity contribution in [2.24, 2.45) is 0 Å². The van der Waals surface area contributed by atoms with Crippen LogP contribution in [-0.4, -0.2) is 25.8 Å². The minimum atomic E-state index is -0.160. The first kappa shape index (κ1) is 14.2. The molecule has 0 aliphatic rings. The van der Waals surface area contributed by atoms with E-state index >= 15 is 0 Å². The van der Waals surface area contributed by atoms with Crippen molar-refractivity contribution in [2.45, 2.75) is 45.8 Å². The van der Waals surface area contributed by atoms with Crippen LogP contribution >= 0.6 is 0 Å². The van der Waals surface area contributed by atoms with Crippen LogP contribution in [0.3, 0.4) is 0 Å². The Balaban J connectivity index is 2.88. The maximum absolute atomic E-state index is 5.56. The van der Waals surface area contributed by atoms with Crippen LogP contribution in [0.15, 0.2) is 18.2 Å². The number of nitrogens with one attached hydrogen (secondary N) is 1. The maximum Gasteiger partial charge on any atom is 0.0778 e. The van der Waals surface area contributed by atoms with Crippen molar-refractivity contribution in [3.8, 4) is 0 Å². The summed E-state index contributed by atoms with van der Waals surface area (Å²) in [6.07, 6.45) is 0.986. The van der Waals surface area contributed by atoms with E-state index in [1.807, 2.05) is 7.05 Å². The third kappa shape index (κ3) is 3.83. The Morgan fingerprint density at radius 3 is 2.12 bits per heavy atom. The summed E-state index contributed by atoms with van der Waals surface area (Å²) < 4.78 is 5.56. The average molecular weight is 235 g/mol. The van der Waals surface area contributed by atoms with Crippen LogP contribution in [-0.2, 0) is 11.2 Å². The Kier molecular flexibility index (Phi) is 4.72. The van der Waals surface area contributed by atoms with Crippen LogP contribution in [0.1, 0.15) is 30.5 Å². The van der Waals surface area contributed by atoms with E-state index in [-0.39, 0.29) is 5.60 Å². The molecule has 2 heteroatoms. The first-order valence-electron chi connectivity index (χ1n) is 6.18. The Hall–Kier alpha value is -0.860. The fraction of sp³-hybridized carbons (Fsp3) is 0.600. The highest BCUT2D eigenvalue weighted by atomic mass is 16.5. The monoisotopic (exact) mass is 235 g/mol. The molecule has 1 N–H and O–H groups in total. The Labute approximate surface area is 105 Å². The predicted octanol–water partition coefficient (Wildman–Crippen LogP) is 2.86. The van der Waals surface area contributed by atoms with Crippen LogP contribution in [0.2, 0.25) is 0 Å². The van der Waals surface area contributed by atoms with Crippen molar-refractivity contribution in [1.29, 1.82) is 0 Å². The van der Waals surface area contributed by atoms with Gasteiger partial charge in [0.25, 0.3) is 0 Å². The van der Waals surface area contributed by atoms with Crippen LogP contribution in [0.4, 0.5) is 0 Å². The van der Waals surface area contributed by atoms with Gasteiger partial charge in [-0.3, -0.25) is 0 Å². The van der Waals surface area contributed by atoms with Crippen molar-refractivity contribution >= 4 is 0 Å². The normalized spacial score (nSPS) is 13.8. The fourth-order valence-electron chi connectivity index (χ4n) is 2.26. The molecule has 1 aromatic carbocycles. The quantitative estimate of drug-likeness (QED) is 0.847. The lowest BCUT2D eigenvalue weighted by atomic mass is 9.91. The van der Waals surface area contributed by atoms with Crippen molar-refractivity contribution in [2.75, 3.05) is 14.2 Å². The van der Waals surface area contributed by atoms with E-state index in [0.29, 0.717) is 6.04 Å². The smallest absolute Gasteiger partial charge is 0.0778 e. The van der Waals surface area contributed by atoms with Gasteiger partial charge in [0, 0.05) is 13.2 Å². The highest BCUT2D eigenvalue weighted by molar-refractivity contribution is 5.29. The van der Waals surface area contributed by atoms with Gasteiger partial charge in [-0.1, -0.05) is 29.3 Å². The molecule has 0 radical (unpaired) electrons. The molecular formula is C15H25NO. The molecule has 0 aliphatic heterocycles. The van der Waals surface area contributed by atoms with Gasteiger partial charge in [0.2, 0.25) is 0 Å². The van der Waals surface area contributed by atoms with Crippen LogP contribution < -0.4 is 5.32 Å². The van der Waals surface area contributed by atoms with Gasteiger partial charge in [-0.25, -0.2) is 0 Å². The van der Waals surface area contributed by atoms with Crippen molar-refractivity contribution in [3.05, 3.63) is 34.9 Å². The summed E-state index contributed by atoms with van der Waals surface area (Å²) in [4.78, 5) is 0. The van der Waals surface area contributed by atoms with Crippen molar-refractivity contribution in [1.82, 2.24) is 5.32 Å². The number of benzene rings is 1. The van der Waals surface area contributed by atoms with E-state index in [4.69, 9.17) is 4.74 Å². The average Bonchev–Trinajstić information content (AvgIpc) is 2.24. The highest BCUT2D eigenvalue weighted by Gasteiger charge is 2.27. The van der Waals surface area contributed by atoms with Crippen LogP contribution in [0.25, 0.3) is 0 Å². The van der Waals surface area contributed by atoms with Gasteiger partial charge in [-0.2, -0.15) is 0 Å². The summed E-state index contributed by atoms with van der Waals surface area (Å²) in [5.74, 6) is 0. The summed E-state index contributed by atoms with van der Waals surface area (Å²) >= 11 is 0. The molecule has 0 heterocycles. The van der Waals surface area contributed by atoms with Gasteiger partial charge in [-0.05, 0) is 46.7 Å². The molecule has 1 atom stereocenters.